The second kappa shape index (κ2) is 32.5. The van der Waals surface area contributed by atoms with Crippen molar-refractivity contribution < 1.29 is 72.9 Å². The molecule has 0 saturated carbocycles. The summed E-state index contributed by atoms with van der Waals surface area (Å²) in [4.78, 5) is 158. The molecule has 27 heteroatoms. The Hall–Kier alpha value is -7.42. The average molecular weight is 1020 g/mol. The number of benzene rings is 1. The lowest BCUT2D eigenvalue weighted by atomic mass is 10.0. The highest BCUT2D eigenvalue weighted by Crippen LogP contribution is 2.13. The number of hydrogen-bond acceptors (Lipinski definition) is 15. The highest BCUT2D eigenvalue weighted by molar-refractivity contribution is 6.00. The number of phenols is 1. The number of rotatable bonds is 22. The molecule has 12 amide bonds. The van der Waals surface area contributed by atoms with E-state index in [0.717, 1.165) is 44.9 Å². The number of unbranched alkanes of at least 4 members (excludes halogenated alkanes) is 9. The number of aromatic hydroxyl groups is 1. The minimum Gasteiger partial charge on any atom is -0.508 e. The molecule has 0 radical (unpaired) electrons. The van der Waals surface area contributed by atoms with Crippen LogP contribution in [0.5, 0.6) is 5.75 Å². The minimum absolute atomic E-state index is 0.0912. The van der Waals surface area contributed by atoms with E-state index in [2.05, 4.69) is 54.8 Å². The number of carbonyl (C=O) groups excluding carboxylic acids is 12. The molecule has 0 aromatic heterocycles. The lowest BCUT2D eigenvalue weighted by Crippen LogP contribution is -2.60. The first kappa shape index (κ1) is 60.7. The van der Waals surface area contributed by atoms with Crippen LogP contribution in [0.25, 0.3) is 0 Å². The Morgan fingerprint density at radius 1 is 0.528 bits per heavy atom. The van der Waals surface area contributed by atoms with Crippen molar-refractivity contribution in [3.05, 3.63) is 29.8 Å². The number of carbonyl (C=O) groups is 12. The fourth-order valence-electron chi connectivity index (χ4n) is 7.19. The van der Waals surface area contributed by atoms with Gasteiger partial charge in [0.1, 0.15) is 48.0 Å². The summed E-state index contributed by atoms with van der Waals surface area (Å²) in [6, 6.07) is -7.58. The number of amides is 12. The first-order valence-corrected chi connectivity index (χ1v) is 23.7. The molecule has 72 heavy (non-hydrogen) atoms. The van der Waals surface area contributed by atoms with E-state index in [-0.39, 0.29) is 18.7 Å². The van der Waals surface area contributed by atoms with Crippen LogP contribution >= 0.6 is 0 Å². The van der Waals surface area contributed by atoms with Crippen molar-refractivity contribution in [3.63, 3.8) is 0 Å². The molecule has 0 aliphatic carbocycles. The summed E-state index contributed by atoms with van der Waals surface area (Å²) >= 11 is 0. The molecular weight excluding hydrogens is 949 g/mol. The highest BCUT2D eigenvalue weighted by atomic mass is 16.3. The average Bonchev–Trinajstić information content (AvgIpc) is 3.31. The van der Waals surface area contributed by atoms with E-state index in [1.165, 1.54) is 37.1 Å². The molecule has 1 fully saturated rings. The number of nitrogens with one attached hydrogen (secondary N) is 9. The Bertz CT molecular complexity index is 2060. The van der Waals surface area contributed by atoms with Crippen molar-refractivity contribution in [2.75, 3.05) is 26.3 Å². The van der Waals surface area contributed by atoms with Gasteiger partial charge in [0.05, 0.1) is 45.4 Å². The van der Waals surface area contributed by atoms with Crippen molar-refractivity contribution in [2.24, 2.45) is 17.2 Å². The lowest BCUT2D eigenvalue weighted by Gasteiger charge is -2.26. The Balaban J connectivity index is 2.58. The van der Waals surface area contributed by atoms with E-state index in [1.54, 1.807) is 0 Å². The van der Waals surface area contributed by atoms with Gasteiger partial charge < -0.3 is 80.4 Å². The normalized spacial score (nSPS) is 22.4. The summed E-state index contributed by atoms with van der Waals surface area (Å²) in [5, 5.41) is 50.3. The van der Waals surface area contributed by atoms with Crippen LogP contribution < -0.4 is 65.1 Å². The molecule has 1 aliphatic heterocycles. The van der Waals surface area contributed by atoms with Gasteiger partial charge in [0.15, 0.2) is 0 Å². The standard InChI is InChI=1S/C45H70N12O15/c1-2-3-4-5-6-7-8-9-10-11-16-49-39(66)31-21-37(64)52-32(23-58)44(71)53-27(17-25-12-14-26(60)15-13-25)41(68)54-28(18-34(46)61)40(67)50-22-38(65)51-29(19-35(47)62)42(69)57-33(24-59)45(72)55-30(20-36(48)63)43(70)56-31/h12-15,27-33,58-60H,2-11,16-24H2,1H3,(H2,46,61)(H2,47,62)(H2,48,63)(H,49,66)(H,50,67)(H,51,65)(H,52,64)(H,53,71)(H,54,68)(H,55,72)(H,56,70)(H,57,69)/t27-,28-,29+,30-,31-,32-,33+/m1/s1. The van der Waals surface area contributed by atoms with E-state index >= 15 is 0 Å². The number of hydrogen-bond donors (Lipinski definition) is 15. The summed E-state index contributed by atoms with van der Waals surface area (Å²) in [7, 11) is 0. The summed E-state index contributed by atoms with van der Waals surface area (Å²) in [6.45, 7) is -1.03. The monoisotopic (exact) mass is 1020 g/mol. The Morgan fingerprint density at radius 3 is 1.44 bits per heavy atom. The van der Waals surface area contributed by atoms with E-state index in [1.807, 2.05) is 0 Å². The van der Waals surface area contributed by atoms with E-state index in [0.29, 0.717) is 12.0 Å². The van der Waals surface area contributed by atoms with Crippen molar-refractivity contribution >= 4 is 70.9 Å². The van der Waals surface area contributed by atoms with Crippen LogP contribution in [0.4, 0.5) is 0 Å². The molecule has 0 bridgehead atoms. The maximum absolute atomic E-state index is 13.9. The quantitative estimate of drug-likeness (QED) is 0.0482. The molecule has 0 unspecified atom stereocenters. The zero-order chi connectivity index (χ0) is 53.8. The fraction of sp³-hybridized carbons (Fsp3) is 0.600. The molecule has 0 spiro atoms. The molecule has 27 nitrogen and oxygen atoms in total. The molecule has 7 atom stereocenters. The molecule has 1 saturated heterocycles. The third-order valence-corrected chi connectivity index (χ3v) is 11.1. The van der Waals surface area contributed by atoms with Gasteiger partial charge in [-0.05, 0) is 24.1 Å². The Morgan fingerprint density at radius 2 is 0.931 bits per heavy atom. The van der Waals surface area contributed by atoms with Crippen LogP contribution in [0, 0.1) is 0 Å². The summed E-state index contributed by atoms with van der Waals surface area (Å²) in [5.74, 6) is -14.2. The smallest absolute Gasteiger partial charge is 0.245 e. The van der Waals surface area contributed by atoms with Gasteiger partial charge in [0, 0.05) is 13.0 Å². The van der Waals surface area contributed by atoms with E-state index in [4.69, 9.17) is 17.2 Å². The zero-order valence-corrected chi connectivity index (χ0v) is 40.3. The molecule has 400 valence electrons. The van der Waals surface area contributed by atoms with Crippen molar-refractivity contribution in [1.29, 1.82) is 0 Å². The molecule has 1 heterocycles. The second-order valence-electron chi connectivity index (χ2n) is 17.2. The van der Waals surface area contributed by atoms with Gasteiger partial charge in [-0.3, -0.25) is 57.5 Å². The van der Waals surface area contributed by atoms with Gasteiger partial charge in [-0.1, -0.05) is 76.8 Å². The molecule has 1 aromatic rings. The maximum Gasteiger partial charge on any atom is 0.245 e. The largest absolute Gasteiger partial charge is 0.508 e. The Kier molecular flexibility index (Phi) is 27.4. The lowest BCUT2D eigenvalue weighted by molar-refractivity contribution is -0.137. The third kappa shape index (κ3) is 23.5. The molecule has 2 rings (SSSR count). The number of nitrogens with two attached hydrogens (primary N) is 3. The molecule has 1 aromatic carbocycles. The van der Waals surface area contributed by atoms with Crippen molar-refractivity contribution in [3.8, 4) is 5.75 Å². The van der Waals surface area contributed by atoms with Crippen molar-refractivity contribution in [1.82, 2.24) is 47.9 Å². The summed E-state index contributed by atoms with van der Waals surface area (Å²) in [5.41, 5.74) is 16.3. The second-order valence-corrected chi connectivity index (χ2v) is 17.2. The van der Waals surface area contributed by atoms with Crippen molar-refractivity contribution in [2.45, 2.75) is 146 Å². The van der Waals surface area contributed by atoms with Gasteiger partial charge >= 0.3 is 0 Å². The number of aliphatic hydroxyl groups is 2. The predicted octanol–water partition coefficient (Wildman–Crippen LogP) is -5.50. The molecular formula is C45H70N12O15. The first-order chi connectivity index (χ1) is 34.2. The molecule has 1 aliphatic rings. The van der Waals surface area contributed by atoms with Crippen LogP contribution in [0.3, 0.4) is 0 Å². The van der Waals surface area contributed by atoms with Crippen LogP contribution in [0.15, 0.2) is 24.3 Å². The SMILES string of the molecule is CCCCCCCCCCCCNC(=O)[C@H]1CC(=O)N[C@H](CO)C(=O)N[C@H](Cc2ccc(O)cc2)C(=O)N[C@H](CC(N)=O)C(=O)NCC(=O)N[C@@H](CC(N)=O)C(=O)N[C@@H](CO)C(=O)N[C@H](CC(N)=O)C(=O)N1. The van der Waals surface area contributed by atoms with E-state index < -0.39 is 159 Å². The topological polar surface area (TPSA) is 452 Å². The van der Waals surface area contributed by atoms with Gasteiger partial charge in [0.25, 0.3) is 0 Å². The summed E-state index contributed by atoms with van der Waals surface area (Å²) in [6.07, 6.45) is 5.91. The van der Waals surface area contributed by atoms with Gasteiger partial charge in [-0.2, -0.15) is 0 Å². The number of phenolic OH excluding ortho intramolecular Hbond substituents is 1. The van der Waals surface area contributed by atoms with Gasteiger partial charge in [-0.25, -0.2) is 0 Å². The maximum atomic E-state index is 13.9. The highest BCUT2D eigenvalue weighted by Gasteiger charge is 2.35. The van der Waals surface area contributed by atoms with Crippen LogP contribution in [0.2, 0.25) is 0 Å². The van der Waals surface area contributed by atoms with E-state index in [9.17, 15) is 72.9 Å². The number of primary amides is 3. The Labute approximate surface area is 415 Å². The fourth-order valence-corrected chi connectivity index (χ4v) is 7.19. The third-order valence-electron chi connectivity index (χ3n) is 11.1. The minimum atomic E-state index is -1.95. The van der Waals surface area contributed by atoms with Crippen LogP contribution in [0.1, 0.15) is 102 Å². The van der Waals surface area contributed by atoms with Crippen LogP contribution in [-0.2, 0) is 64.0 Å². The van der Waals surface area contributed by atoms with Crippen LogP contribution in [-0.4, -0.2) is 155 Å². The van der Waals surface area contributed by atoms with Gasteiger partial charge in [-0.15, -0.1) is 0 Å². The summed E-state index contributed by atoms with van der Waals surface area (Å²) < 4.78 is 0. The zero-order valence-electron chi connectivity index (χ0n) is 40.3. The predicted molar refractivity (Wildman–Crippen MR) is 253 cm³/mol. The molecule has 18 N–H and O–H groups in total. The van der Waals surface area contributed by atoms with Gasteiger partial charge in [0.2, 0.25) is 70.9 Å². The number of aliphatic hydroxyl groups excluding tert-OH is 2. The first-order valence-electron chi connectivity index (χ1n) is 23.7.